The highest BCUT2D eigenvalue weighted by Gasteiger charge is 2.32. The van der Waals surface area contributed by atoms with Gasteiger partial charge in [-0.2, -0.15) is 13.2 Å². The van der Waals surface area contributed by atoms with Crippen LogP contribution in [0.4, 0.5) is 13.2 Å². The van der Waals surface area contributed by atoms with Crippen molar-refractivity contribution in [3.63, 3.8) is 0 Å². The fourth-order valence-electron chi connectivity index (χ4n) is 3.17. The average molecular weight is 445 g/mol. The monoisotopic (exact) mass is 445 g/mol. The van der Waals surface area contributed by atoms with Crippen LogP contribution >= 0.6 is 0 Å². The molecular formula is C24H22F3NO4. The first-order valence-electron chi connectivity index (χ1n) is 9.81. The first kappa shape index (κ1) is 23.1. The fraction of sp³-hybridized carbons (Fsp3) is 0.250. The molecule has 168 valence electrons. The standard InChI is InChI=1S/C24H22F3NO4/c1-14(16-8-6-9-17(13-16)24(25,26)27)32-20-18-10-5-4-7-15(18)11-12-19(20)21(29)28-23(2,3)22(30)31/h4-14H,1-3H3,(H,28,29)(H,30,31). The van der Waals surface area contributed by atoms with Crippen LogP contribution in [-0.4, -0.2) is 22.5 Å². The Morgan fingerprint density at radius 3 is 2.34 bits per heavy atom. The van der Waals surface area contributed by atoms with Crippen LogP contribution in [0.1, 0.15) is 48.4 Å². The number of hydrogen-bond donors (Lipinski definition) is 2. The maximum Gasteiger partial charge on any atom is 0.416 e. The van der Waals surface area contributed by atoms with E-state index >= 15 is 0 Å². The average Bonchev–Trinajstić information content (AvgIpc) is 2.73. The summed E-state index contributed by atoms with van der Waals surface area (Å²) in [5.41, 5.74) is -1.97. The van der Waals surface area contributed by atoms with Gasteiger partial charge < -0.3 is 15.2 Å². The van der Waals surface area contributed by atoms with Gasteiger partial charge in [-0.3, -0.25) is 4.79 Å². The molecule has 0 aliphatic heterocycles. The number of carbonyl (C=O) groups excluding carboxylic acids is 1. The van der Waals surface area contributed by atoms with E-state index < -0.39 is 35.3 Å². The number of carboxylic acids is 1. The van der Waals surface area contributed by atoms with E-state index in [0.29, 0.717) is 5.39 Å². The van der Waals surface area contributed by atoms with Crippen LogP contribution in [0.15, 0.2) is 60.7 Å². The quantitative estimate of drug-likeness (QED) is 0.519. The van der Waals surface area contributed by atoms with Gasteiger partial charge in [0, 0.05) is 5.39 Å². The zero-order valence-electron chi connectivity index (χ0n) is 17.7. The lowest BCUT2D eigenvalue weighted by molar-refractivity contribution is -0.143. The minimum atomic E-state index is -4.50. The number of aliphatic carboxylic acids is 1. The van der Waals surface area contributed by atoms with Crippen molar-refractivity contribution in [2.75, 3.05) is 0 Å². The summed E-state index contributed by atoms with van der Waals surface area (Å²) in [7, 11) is 0. The van der Waals surface area contributed by atoms with Crippen LogP contribution < -0.4 is 10.1 Å². The first-order valence-corrected chi connectivity index (χ1v) is 9.81. The molecule has 1 amide bonds. The lowest BCUT2D eigenvalue weighted by Crippen LogP contribution is -2.49. The fourth-order valence-corrected chi connectivity index (χ4v) is 3.17. The van der Waals surface area contributed by atoms with Gasteiger partial charge in [0.15, 0.2) is 0 Å². The lowest BCUT2D eigenvalue weighted by Gasteiger charge is -2.24. The molecule has 2 N–H and O–H groups in total. The zero-order chi connectivity index (χ0) is 23.7. The summed E-state index contributed by atoms with van der Waals surface area (Å²) in [4.78, 5) is 24.4. The normalized spacial score (nSPS) is 12.9. The van der Waals surface area contributed by atoms with E-state index in [2.05, 4.69) is 5.32 Å². The van der Waals surface area contributed by atoms with E-state index in [-0.39, 0.29) is 16.9 Å². The molecule has 0 saturated heterocycles. The summed E-state index contributed by atoms with van der Waals surface area (Å²) in [5, 5.41) is 13.1. The van der Waals surface area contributed by atoms with Gasteiger partial charge in [0.2, 0.25) is 0 Å². The smallest absolute Gasteiger partial charge is 0.416 e. The Hall–Kier alpha value is -3.55. The lowest BCUT2D eigenvalue weighted by atomic mass is 10.0. The van der Waals surface area contributed by atoms with Gasteiger partial charge >= 0.3 is 12.1 Å². The molecule has 1 atom stereocenters. The van der Waals surface area contributed by atoms with Gasteiger partial charge in [0.1, 0.15) is 17.4 Å². The Kier molecular flexibility index (Phi) is 6.16. The van der Waals surface area contributed by atoms with Crippen LogP contribution in [-0.2, 0) is 11.0 Å². The summed E-state index contributed by atoms with van der Waals surface area (Å²) < 4.78 is 45.4. The van der Waals surface area contributed by atoms with Crippen LogP contribution in [0.3, 0.4) is 0 Å². The van der Waals surface area contributed by atoms with E-state index in [1.165, 1.54) is 32.0 Å². The van der Waals surface area contributed by atoms with Crippen molar-refractivity contribution >= 4 is 22.6 Å². The molecule has 0 aliphatic rings. The summed E-state index contributed by atoms with van der Waals surface area (Å²) in [5.74, 6) is -1.73. The molecule has 3 rings (SSSR count). The van der Waals surface area contributed by atoms with Gasteiger partial charge in [0.05, 0.1) is 11.1 Å². The van der Waals surface area contributed by atoms with Crippen molar-refractivity contribution in [2.45, 2.75) is 38.6 Å². The van der Waals surface area contributed by atoms with Crippen LogP contribution in [0.2, 0.25) is 0 Å². The van der Waals surface area contributed by atoms with Crippen molar-refractivity contribution in [2.24, 2.45) is 0 Å². The molecule has 0 bridgehead atoms. The van der Waals surface area contributed by atoms with Gasteiger partial charge in [-0.05, 0) is 49.9 Å². The molecule has 0 aliphatic carbocycles. The van der Waals surface area contributed by atoms with Crippen molar-refractivity contribution in [3.8, 4) is 5.75 Å². The molecule has 1 unspecified atom stereocenters. The predicted molar refractivity (Wildman–Crippen MR) is 114 cm³/mol. The minimum absolute atomic E-state index is 0.0804. The SMILES string of the molecule is CC(Oc1c(C(=O)NC(C)(C)C(=O)O)ccc2ccccc12)c1cccc(C(F)(F)F)c1. The third-order valence-corrected chi connectivity index (χ3v) is 5.06. The zero-order valence-corrected chi connectivity index (χ0v) is 17.7. The molecule has 3 aromatic carbocycles. The highest BCUT2D eigenvalue weighted by atomic mass is 19.4. The number of halogens is 3. The molecule has 5 nitrogen and oxygen atoms in total. The molecule has 3 aromatic rings. The summed E-state index contributed by atoms with van der Waals surface area (Å²) in [6.45, 7) is 4.28. The minimum Gasteiger partial charge on any atom is -0.485 e. The van der Waals surface area contributed by atoms with E-state index in [4.69, 9.17) is 4.74 Å². The molecule has 0 radical (unpaired) electrons. The number of fused-ring (bicyclic) bond motifs is 1. The Balaban J connectivity index is 2.04. The highest BCUT2D eigenvalue weighted by Crippen LogP contribution is 2.35. The molecular weight excluding hydrogens is 423 g/mol. The number of hydrogen-bond acceptors (Lipinski definition) is 3. The van der Waals surface area contributed by atoms with E-state index in [0.717, 1.165) is 17.5 Å². The van der Waals surface area contributed by atoms with E-state index in [9.17, 15) is 27.9 Å². The van der Waals surface area contributed by atoms with Crippen LogP contribution in [0.25, 0.3) is 10.8 Å². The second kappa shape index (κ2) is 8.53. The number of amides is 1. The largest absolute Gasteiger partial charge is 0.485 e. The molecule has 0 spiro atoms. The summed E-state index contributed by atoms with van der Waals surface area (Å²) in [6.07, 6.45) is -5.31. The van der Waals surface area contributed by atoms with Crippen LogP contribution in [0, 0.1) is 0 Å². The summed E-state index contributed by atoms with van der Waals surface area (Å²) in [6, 6.07) is 15.1. The Labute approximate surface area is 182 Å². The van der Waals surface area contributed by atoms with Crippen LogP contribution in [0.5, 0.6) is 5.75 Å². The molecule has 0 saturated carbocycles. The topological polar surface area (TPSA) is 75.6 Å². The predicted octanol–water partition coefficient (Wildman–Crippen LogP) is 5.59. The van der Waals surface area contributed by atoms with E-state index in [1.54, 1.807) is 37.3 Å². The maximum absolute atomic E-state index is 13.1. The molecule has 0 fully saturated rings. The van der Waals surface area contributed by atoms with Gasteiger partial charge in [-0.1, -0.05) is 42.5 Å². The number of ether oxygens (including phenoxy) is 1. The molecule has 0 aromatic heterocycles. The van der Waals surface area contributed by atoms with Gasteiger partial charge in [-0.25, -0.2) is 4.79 Å². The number of rotatable bonds is 6. The third-order valence-electron chi connectivity index (χ3n) is 5.06. The Morgan fingerprint density at radius 1 is 1.00 bits per heavy atom. The second-order valence-electron chi connectivity index (χ2n) is 7.93. The third kappa shape index (κ3) is 4.85. The second-order valence-corrected chi connectivity index (χ2v) is 7.93. The van der Waals surface area contributed by atoms with Crippen molar-refractivity contribution in [1.29, 1.82) is 0 Å². The van der Waals surface area contributed by atoms with Crippen molar-refractivity contribution in [3.05, 3.63) is 77.4 Å². The Morgan fingerprint density at radius 2 is 1.69 bits per heavy atom. The molecule has 8 heteroatoms. The number of benzene rings is 3. The van der Waals surface area contributed by atoms with E-state index in [1.807, 2.05) is 0 Å². The number of carboxylic acid groups (broad SMARTS) is 1. The molecule has 0 heterocycles. The maximum atomic E-state index is 13.1. The van der Waals surface area contributed by atoms with Crippen molar-refractivity contribution < 1.29 is 32.6 Å². The Bertz CT molecular complexity index is 1170. The van der Waals surface area contributed by atoms with Gasteiger partial charge in [-0.15, -0.1) is 0 Å². The number of carbonyl (C=O) groups is 2. The first-order chi connectivity index (χ1) is 14.9. The number of nitrogens with one attached hydrogen (secondary N) is 1. The highest BCUT2D eigenvalue weighted by molar-refractivity contribution is 6.05. The summed E-state index contributed by atoms with van der Waals surface area (Å²) >= 11 is 0. The van der Waals surface area contributed by atoms with Gasteiger partial charge in [0.25, 0.3) is 5.91 Å². The van der Waals surface area contributed by atoms with Crippen molar-refractivity contribution in [1.82, 2.24) is 5.32 Å². The molecule has 32 heavy (non-hydrogen) atoms. The number of alkyl halides is 3.